The number of hydrogen-bond donors (Lipinski definition) is 2. The van der Waals surface area contributed by atoms with Crippen molar-refractivity contribution in [1.29, 1.82) is 0 Å². The van der Waals surface area contributed by atoms with Gasteiger partial charge < -0.3 is 20.3 Å². The molecule has 7 heteroatoms. The third-order valence-corrected chi connectivity index (χ3v) is 5.57. The second-order valence-corrected chi connectivity index (χ2v) is 8.16. The number of rotatable bonds is 6. The number of benzene rings is 1. The summed E-state index contributed by atoms with van der Waals surface area (Å²) < 4.78 is 6.00. The van der Waals surface area contributed by atoms with Gasteiger partial charge in [0.25, 0.3) is 0 Å². The third kappa shape index (κ3) is 6.18. The number of ether oxygens (including phenoxy) is 1. The maximum atomic E-state index is 12.0. The Balaban J connectivity index is 1.46. The van der Waals surface area contributed by atoms with Gasteiger partial charge in [-0.3, -0.25) is 14.7 Å². The lowest BCUT2D eigenvalue weighted by molar-refractivity contribution is -0.123. The minimum Gasteiger partial charge on any atom is -0.373 e. The van der Waals surface area contributed by atoms with Gasteiger partial charge in [0.15, 0.2) is 5.96 Å². The highest BCUT2D eigenvalue weighted by Crippen LogP contribution is 2.33. The van der Waals surface area contributed by atoms with Crippen LogP contribution in [-0.2, 0) is 9.53 Å². The maximum absolute atomic E-state index is 12.0. The first-order chi connectivity index (χ1) is 14.1. The first-order valence-corrected chi connectivity index (χ1v) is 10.7. The van der Waals surface area contributed by atoms with E-state index in [1.807, 2.05) is 27.0 Å². The average molecular weight is 402 g/mol. The van der Waals surface area contributed by atoms with Crippen LogP contribution in [0.25, 0.3) is 0 Å². The van der Waals surface area contributed by atoms with Crippen LogP contribution in [0.4, 0.5) is 0 Å². The van der Waals surface area contributed by atoms with E-state index in [4.69, 9.17) is 4.74 Å². The van der Waals surface area contributed by atoms with Crippen molar-refractivity contribution in [3.8, 4) is 0 Å². The van der Waals surface area contributed by atoms with Crippen LogP contribution >= 0.6 is 0 Å². The van der Waals surface area contributed by atoms with E-state index in [0.29, 0.717) is 12.5 Å². The normalized spacial score (nSPS) is 23.4. The Kier molecular flexibility index (Phi) is 7.89. The van der Waals surface area contributed by atoms with Crippen LogP contribution in [0.2, 0.25) is 0 Å². The van der Waals surface area contributed by atoms with Gasteiger partial charge in [-0.15, -0.1) is 0 Å². The number of aliphatic imine (C=N–C) groups is 1. The molecule has 2 fully saturated rings. The summed E-state index contributed by atoms with van der Waals surface area (Å²) in [4.78, 5) is 21.0. The number of nitrogens with zero attached hydrogens (tertiary/aromatic N) is 3. The van der Waals surface area contributed by atoms with Gasteiger partial charge in [-0.2, -0.15) is 0 Å². The number of carbonyl (C=O) groups is 1. The molecule has 160 valence electrons. The monoisotopic (exact) mass is 401 g/mol. The van der Waals surface area contributed by atoms with E-state index in [9.17, 15) is 4.79 Å². The lowest BCUT2D eigenvalue weighted by atomic mass is 9.95. The fraction of sp³-hybridized carbons (Fsp3) is 0.636. The smallest absolute Gasteiger partial charge is 0.234 e. The first-order valence-electron chi connectivity index (χ1n) is 10.7. The number of carbonyl (C=O) groups excluding carboxylic acids is 1. The van der Waals surface area contributed by atoms with Crippen molar-refractivity contribution in [2.75, 3.05) is 52.9 Å². The number of nitrogens with one attached hydrogen (secondary N) is 2. The number of guanidine groups is 1. The minimum absolute atomic E-state index is 0.101. The molecule has 2 aliphatic heterocycles. The molecule has 2 unspecified atom stereocenters. The minimum atomic E-state index is 0.101. The summed E-state index contributed by atoms with van der Waals surface area (Å²) in [5, 5.41) is 6.52. The van der Waals surface area contributed by atoms with Crippen LogP contribution < -0.4 is 10.6 Å². The van der Waals surface area contributed by atoms with E-state index in [0.717, 1.165) is 51.7 Å². The first kappa shape index (κ1) is 21.6. The van der Waals surface area contributed by atoms with Crippen LogP contribution in [0.15, 0.2) is 35.3 Å². The molecule has 3 rings (SSSR count). The molecule has 2 atom stereocenters. The Morgan fingerprint density at radius 3 is 2.59 bits per heavy atom. The molecule has 0 radical (unpaired) electrons. The van der Waals surface area contributed by atoms with Gasteiger partial charge in [-0.1, -0.05) is 30.3 Å². The summed E-state index contributed by atoms with van der Waals surface area (Å²) in [6.07, 6.45) is 1.21. The zero-order chi connectivity index (χ0) is 20.6. The fourth-order valence-electron chi connectivity index (χ4n) is 4.10. The Labute approximate surface area is 174 Å². The van der Waals surface area contributed by atoms with Crippen LogP contribution in [0.5, 0.6) is 0 Å². The van der Waals surface area contributed by atoms with E-state index < -0.39 is 0 Å². The van der Waals surface area contributed by atoms with Gasteiger partial charge in [-0.25, -0.2) is 0 Å². The molecule has 2 N–H and O–H groups in total. The lowest BCUT2D eigenvalue weighted by Gasteiger charge is -2.36. The topological polar surface area (TPSA) is 69.2 Å². The Bertz CT molecular complexity index is 671. The van der Waals surface area contributed by atoms with Crippen LogP contribution in [0.1, 0.15) is 31.9 Å². The van der Waals surface area contributed by atoms with Gasteiger partial charge in [0, 0.05) is 58.3 Å². The molecule has 1 amide bonds. The zero-order valence-electron chi connectivity index (χ0n) is 17.9. The van der Waals surface area contributed by atoms with Crippen molar-refractivity contribution in [1.82, 2.24) is 20.4 Å². The van der Waals surface area contributed by atoms with E-state index in [-0.39, 0.29) is 18.1 Å². The molecule has 1 aromatic rings. The zero-order valence-corrected chi connectivity index (χ0v) is 17.9. The Morgan fingerprint density at radius 2 is 1.93 bits per heavy atom. The van der Waals surface area contributed by atoms with Crippen molar-refractivity contribution in [3.63, 3.8) is 0 Å². The van der Waals surface area contributed by atoms with Crippen molar-refractivity contribution >= 4 is 11.9 Å². The molecule has 0 aliphatic carbocycles. The second kappa shape index (κ2) is 10.6. The summed E-state index contributed by atoms with van der Waals surface area (Å²) in [5.41, 5.74) is 1.25. The number of hydrogen-bond acceptors (Lipinski definition) is 4. The highest BCUT2D eigenvalue weighted by Gasteiger charge is 2.30. The molecule has 0 bridgehead atoms. The Hall–Kier alpha value is -2.12. The van der Waals surface area contributed by atoms with Crippen molar-refractivity contribution in [2.24, 2.45) is 10.9 Å². The van der Waals surface area contributed by atoms with Crippen LogP contribution in [-0.4, -0.2) is 80.6 Å². The van der Waals surface area contributed by atoms with Crippen LogP contribution in [0, 0.1) is 5.92 Å². The summed E-state index contributed by atoms with van der Waals surface area (Å²) >= 11 is 0. The van der Waals surface area contributed by atoms with Gasteiger partial charge in [0.2, 0.25) is 5.91 Å². The summed E-state index contributed by atoms with van der Waals surface area (Å²) in [5.74, 6) is 1.48. The lowest BCUT2D eigenvalue weighted by Crippen LogP contribution is -2.54. The average Bonchev–Trinajstić information content (AvgIpc) is 3.18. The molecule has 2 saturated heterocycles. The largest absolute Gasteiger partial charge is 0.373 e. The molecule has 0 spiro atoms. The molecular formula is C22H35N5O2. The molecule has 0 aromatic heterocycles. The van der Waals surface area contributed by atoms with Gasteiger partial charge in [0.05, 0.1) is 12.6 Å². The maximum Gasteiger partial charge on any atom is 0.234 e. The molecule has 1 aromatic carbocycles. The highest BCUT2D eigenvalue weighted by atomic mass is 16.5. The number of amides is 1. The second-order valence-electron chi connectivity index (χ2n) is 8.16. The molecule has 0 saturated carbocycles. The number of piperazine rings is 1. The quantitative estimate of drug-likeness (QED) is 0.558. The van der Waals surface area contributed by atoms with Crippen molar-refractivity contribution < 1.29 is 9.53 Å². The van der Waals surface area contributed by atoms with Gasteiger partial charge in [-0.05, 0) is 25.8 Å². The Morgan fingerprint density at radius 1 is 1.21 bits per heavy atom. The summed E-state index contributed by atoms with van der Waals surface area (Å²) in [6.45, 7) is 9.58. The molecule has 7 nitrogen and oxygen atoms in total. The van der Waals surface area contributed by atoms with E-state index in [1.54, 1.807) is 0 Å². The van der Waals surface area contributed by atoms with Gasteiger partial charge in [0.1, 0.15) is 0 Å². The van der Waals surface area contributed by atoms with Gasteiger partial charge >= 0.3 is 0 Å². The predicted octanol–water partition coefficient (Wildman–Crippen LogP) is 1.48. The fourth-order valence-corrected chi connectivity index (χ4v) is 4.10. The SMILES string of the molecule is CN=C(NCC1CCOC1c1ccccc1)N1CCN(CC(=O)NC(C)C)CC1. The molecule has 2 aliphatic rings. The standard InChI is InChI=1S/C22H35N5O2/c1-17(2)25-20(28)16-26-10-12-27(13-11-26)22(23-3)24-15-19-9-14-29-21(19)18-7-5-4-6-8-18/h4-8,17,19,21H,9-16H2,1-3H3,(H,23,24)(H,25,28). The van der Waals surface area contributed by atoms with E-state index in [2.05, 4.69) is 49.7 Å². The molecule has 29 heavy (non-hydrogen) atoms. The van der Waals surface area contributed by atoms with E-state index >= 15 is 0 Å². The van der Waals surface area contributed by atoms with Crippen molar-refractivity contribution in [3.05, 3.63) is 35.9 Å². The third-order valence-electron chi connectivity index (χ3n) is 5.57. The summed E-state index contributed by atoms with van der Waals surface area (Å²) in [6, 6.07) is 10.7. The molecule has 2 heterocycles. The van der Waals surface area contributed by atoms with Crippen LogP contribution in [0.3, 0.4) is 0 Å². The van der Waals surface area contributed by atoms with Crippen molar-refractivity contribution in [2.45, 2.75) is 32.4 Å². The molecular weight excluding hydrogens is 366 g/mol. The highest BCUT2D eigenvalue weighted by molar-refractivity contribution is 5.80. The predicted molar refractivity (Wildman–Crippen MR) is 116 cm³/mol. The summed E-state index contributed by atoms with van der Waals surface area (Å²) in [7, 11) is 1.84. The van der Waals surface area contributed by atoms with E-state index in [1.165, 1.54) is 5.56 Å².